The molecule has 0 N–H and O–H groups in total. The zero-order valence-electron chi connectivity index (χ0n) is 8.15. The highest BCUT2D eigenvalue weighted by atomic mass is 16.7. The third-order valence-corrected chi connectivity index (χ3v) is 1.26. The molecule has 0 saturated heterocycles. The normalized spacial score (nSPS) is 11.9. The van der Waals surface area contributed by atoms with Gasteiger partial charge in [0, 0.05) is 6.61 Å². The van der Waals surface area contributed by atoms with Crippen molar-refractivity contribution in [1.29, 1.82) is 0 Å². The molecule has 0 aromatic heterocycles. The molecule has 0 aliphatic carbocycles. The van der Waals surface area contributed by atoms with Crippen molar-refractivity contribution in [2.24, 2.45) is 0 Å². The van der Waals surface area contributed by atoms with Crippen LogP contribution in [0.1, 0.15) is 13.8 Å². The second kappa shape index (κ2) is 8.46. The van der Waals surface area contributed by atoms with Crippen LogP contribution in [0, 0.1) is 0 Å². The Morgan fingerprint density at radius 3 is 2.71 bits per heavy atom. The molecule has 1 radical (unpaired) electrons. The SMILES string of the molecule is CCOCO[C@@H](C)C(=O)OCO[C]=O. The molecule has 0 aliphatic rings. The lowest BCUT2D eigenvalue weighted by atomic mass is 10.4. The van der Waals surface area contributed by atoms with Gasteiger partial charge in [0.25, 0.3) is 0 Å². The summed E-state index contributed by atoms with van der Waals surface area (Å²) in [6.45, 7) is 4.51. The molecule has 0 saturated carbocycles. The molecule has 0 aromatic rings. The van der Waals surface area contributed by atoms with Gasteiger partial charge in [0.05, 0.1) is 0 Å². The minimum Gasteiger partial charge on any atom is -0.426 e. The lowest BCUT2D eigenvalue weighted by Crippen LogP contribution is -2.25. The molecule has 14 heavy (non-hydrogen) atoms. The Kier molecular flexibility index (Phi) is 7.77. The Balaban J connectivity index is 3.49. The first-order valence-corrected chi connectivity index (χ1v) is 4.07. The number of ether oxygens (including phenoxy) is 4. The van der Waals surface area contributed by atoms with Crippen LogP contribution in [-0.4, -0.2) is 38.7 Å². The topological polar surface area (TPSA) is 71.1 Å². The summed E-state index contributed by atoms with van der Waals surface area (Å²) < 4.78 is 18.3. The maximum atomic E-state index is 11.0. The van der Waals surface area contributed by atoms with E-state index in [1.54, 1.807) is 6.92 Å². The first-order valence-electron chi connectivity index (χ1n) is 4.07. The van der Waals surface area contributed by atoms with Gasteiger partial charge in [-0.15, -0.1) is 0 Å². The summed E-state index contributed by atoms with van der Waals surface area (Å²) in [5, 5.41) is 0. The van der Waals surface area contributed by atoms with E-state index in [1.165, 1.54) is 6.92 Å². The summed E-state index contributed by atoms with van der Waals surface area (Å²) in [5.74, 6) is -0.625. The van der Waals surface area contributed by atoms with Crippen LogP contribution in [0.4, 0.5) is 0 Å². The van der Waals surface area contributed by atoms with Crippen molar-refractivity contribution in [1.82, 2.24) is 0 Å². The molecule has 0 heterocycles. The predicted octanol–water partition coefficient (Wildman–Crippen LogP) is -0.0300. The largest absolute Gasteiger partial charge is 0.426 e. The van der Waals surface area contributed by atoms with Gasteiger partial charge in [-0.3, -0.25) is 0 Å². The Morgan fingerprint density at radius 1 is 1.43 bits per heavy atom. The van der Waals surface area contributed by atoms with Crippen LogP contribution in [0.5, 0.6) is 0 Å². The Bertz CT molecular complexity index is 169. The van der Waals surface area contributed by atoms with Crippen molar-refractivity contribution in [2.45, 2.75) is 20.0 Å². The maximum absolute atomic E-state index is 11.0. The Labute approximate surface area is 82.1 Å². The van der Waals surface area contributed by atoms with Gasteiger partial charge < -0.3 is 18.9 Å². The van der Waals surface area contributed by atoms with Crippen LogP contribution >= 0.6 is 0 Å². The van der Waals surface area contributed by atoms with Crippen molar-refractivity contribution >= 4 is 12.4 Å². The molecule has 1 atom stereocenters. The monoisotopic (exact) mass is 205 g/mol. The fourth-order valence-electron chi connectivity index (χ4n) is 0.530. The second-order valence-electron chi connectivity index (χ2n) is 2.23. The van der Waals surface area contributed by atoms with E-state index in [1.807, 2.05) is 0 Å². The van der Waals surface area contributed by atoms with Gasteiger partial charge in [0.1, 0.15) is 6.79 Å². The standard InChI is InChI=1S/C8H13O6/c1-3-11-5-13-7(2)8(10)14-6-12-4-9/h7H,3,5-6H2,1-2H3/t7-/m0/s1. The van der Waals surface area contributed by atoms with Crippen LogP contribution in [0.3, 0.4) is 0 Å². The molecule has 0 aliphatic heterocycles. The fraction of sp³-hybridized carbons (Fsp3) is 0.750. The van der Waals surface area contributed by atoms with Gasteiger partial charge in [-0.2, -0.15) is 0 Å². The van der Waals surface area contributed by atoms with Crippen molar-refractivity contribution in [2.75, 3.05) is 20.2 Å². The van der Waals surface area contributed by atoms with Crippen LogP contribution in [-0.2, 0) is 28.5 Å². The van der Waals surface area contributed by atoms with Crippen molar-refractivity contribution < 1.29 is 28.5 Å². The molecule has 0 aromatic carbocycles. The quantitative estimate of drug-likeness (QED) is 0.315. The van der Waals surface area contributed by atoms with E-state index in [0.717, 1.165) is 6.47 Å². The van der Waals surface area contributed by atoms with E-state index in [9.17, 15) is 9.59 Å². The van der Waals surface area contributed by atoms with E-state index in [2.05, 4.69) is 9.47 Å². The third-order valence-electron chi connectivity index (χ3n) is 1.26. The zero-order valence-corrected chi connectivity index (χ0v) is 8.15. The van der Waals surface area contributed by atoms with Crippen molar-refractivity contribution in [3.8, 4) is 0 Å². The van der Waals surface area contributed by atoms with E-state index in [4.69, 9.17) is 9.47 Å². The number of carbonyl (C=O) groups excluding carboxylic acids is 2. The fourth-order valence-corrected chi connectivity index (χ4v) is 0.530. The highest BCUT2D eigenvalue weighted by Crippen LogP contribution is 1.95. The lowest BCUT2D eigenvalue weighted by molar-refractivity contribution is -0.171. The maximum Gasteiger partial charge on any atom is 0.420 e. The molecule has 0 unspecified atom stereocenters. The summed E-state index contributed by atoms with van der Waals surface area (Å²) >= 11 is 0. The lowest BCUT2D eigenvalue weighted by Gasteiger charge is -2.11. The number of rotatable bonds is 8. The highest BCUT2D eigenvalue weighted by molar-refractivity contribution is 5.74. The number of hydrogen-bond acceptors (Lipinski definition) is 6. The van der Waals surface area contributed by atoms with E-state index in [0.29, 0.717) is 6.61 Å². The van der Waals surface area contributed by atoms with E-state index in [-0.39, 0.29) is 6.79 Å². The van der Waals surface area contributed by atoms with E-state index >= 15 is 0 Å². The summed E-state index contributed by atoms with van der Waals surface area (Å²) in [4.78, 5) is 20.6. The molecule has 6 nitrogen and oxygen atoms in total. The molecule has 81 valence electrons. The van der Waals surface area contributed by atoms with Crippen LogP contribution < -0.4 is 0 Å². The number of esters is 1. The van der Waals surface area contributed by atoms with Gasteiger partial charge in [-0.05, 0) is 13.8 Å². The molecule has 0 rings (SSSR count). The first kappa shape index (κ1) is 12.9. The number of hydrogen-bond donors (Lipinski definition) is 0. The summed E-state index contributed by atoms with van der Waals surface area (Å²) in [6, 6.07) is 0. The summed E-state index contributed by atoms with van der Waals surface area (Å²) in [5.41, 5.74) is 0. The molecule has 0 spiro atoms. The average Bonchev–Trinajstić information content (AvgIpc) is 2.18. The highest BCUT2D eigenvalue weighted by Gasteiger charge is 2.14. The zero-order chi connectivity index (χ0) is 10.8. The van der Waals surface area contributed by atoms with Gasteiger partial charge in [-0.1, -0.05) is 0 Å². The minimum atomic E-state index is -0.753. The van der Waals surface area contributed by atoms with Crippen molar-refractivity contribution in [3.63, 3.8) is 0 Å². The molecular formula is C8H13O6. The van der Waals surface area contributed by atoms with Crippen molar-refractivity contribution in [3.05, 3.63) is 0 Å². The molecule has 0 amide bonds. The Morgan fingerprint density at radius 2 is 2.14 bits per heavy atom. The smallest absolute Gasteiger partial charge is 0.420 e. The van der Waals surface area contributed by atoms with Gasteiger partial charge in [-0.25, -0.2) is 9.59 Å². The molecule has 6 heteroatoms. The van der Waals surface area contributed by atoms with E-state index < -0.39 is 18.9 Å². The average molecular weight is 205 g/mol. The predicted molar refractivity (Wildman–Crippen MR) is 44.8 cm³/mol. The second-order valence-corrected chi connectivity index (χ2v) is 2.23. The first-order chi connectivity index (χ1) is 6.72. The van der Waals surface area contributed by atoms with Gasteiger partial charge in [0.15, 0.2) is 6.10 Å². The van der Waals surface area contributed by atoms with Crippen LogP contribution in [0.25, 0.3) is 0 Å². The number of carbonyl (C=O) groups is 1. The Hall–Kier alpha value is -1.14. The molecule has 0 fully saturated rings. The minimum absolute atomic E-state index is 0.0213. The van der Waals surface area contributed by atoms with Crippen LogP contribution in [0.2, 0.25) is 0 Å². The van der Waals surface area contributed by atoms with Crippen LogP contribution in [0.15, 0.2) is 0 Å². The van der Waals surface area contributed by atoms with Gasteiger partial charge in [0.2, 0.25) is 6.79 Å². The summed E-state index contributed by atoms with van der Waals surface area (Å²) in [6.07, 6.45) is -0.753. The molecule has 0 bridgehead atoms. The summed E-state index contributed by atoms with van der Waals surface area (Å²) in [7, 11) is 0. The third kappa shape index (κ3) is 6.38. The molecular weight excluding hydrogens is 192 g/mol. The van der Waals surface area contributed by atoms with Gasteiger partial charge >= 0.3 is 12.4 Å².